The lowest BCUT2D eigenvalue weighted by Crippen LogP contribution is -2.45. The van der Waals surface area contributed by atoms with Crippen LogP contribution in [-0.4, -0.2) is 45.9 Å². The van der Waals surface area contributed by atoms with Crippen LogP contribution in [0.2, 0.25) is 0 Å². The first kappa shape index (κ1) is 21.3. The van der Waals surface area contributed by atoms with E-state index < -0.39 is 0 Å². The zero-order valence-corrected chi connectivity index (χ0v) is 20.4. The van der Waals surface area contributed by atoms with Gasteiger partial charge in [-0.1, -0.05) is 0 Å². The van der Waals surface area contributed by atoms with Crippen molar-refractivity contribution in [2.24, 2.45) is 0 Å². The topological polar surface area (TPSA) is 38.1 Å². The molecule has 3 heterocycles. The highest BCUT2D eigenvalue weighted by Crippen LogP contribution is 2.27. The highest BCUT2D eigenvalue weighted by atomic mass is 15.3. The number of H-pyrrole nitrogens is 2. The molecule has 0 amide bonds. The Balaban J connectivity index is 1.23. The summed E-state index contributed by atoms with van der Waals surface area (Å²) in [4.78, 5) is 12.6. The number of hydrogen-bond acceptors (Lipinski definition) is 2. The van der Waals surface area contributed by atoms with Crippen molar-refractivity contribution in [3.05, 3.63) is 69.0 Å². The minimum Gasteiger partial charge on any atom is -0.357 e. The van der Waals surface area contributed by atoms with Crippen molar-refractivity contribution in [2.75, 3.05) is 26.2 Å². The summed E-state index contributed by atoms with van der Waals surface area (Å²) in [5, 5.41) is 2.69. The van der Waals surface area contributed by atoms with Crippen LogP contribution >= 0.6 is 0 Å². The largest absolute Gasteiger partial charge is 0.357 e. The lowest BCUT2D eigenvalue weighted by atomic mass is 10.0. The van der Waals surface area contributed by atoms with Crippen LogP contribution in [0.25, 0.3) is 21.8 Å². The Bertz CT molecular complexity index is 1200. The van der Waals surface area contributed by atoms with Crippen LogP contribution in [0.4, 0.5) is 0 Å². The van der Waals surface area contributed by atoms with Gasteiger partial charge in [0.15, 0.2) is 0 Å². The minimum absolute atomic E-state index is 1.00. The van der Waals surface area contributed by atoms with Crippen LogP contribution in [0.5, 0.6) is 0 Å². The molecule has 0 atom stereocenters. The molecule has 0 saturated carbocycles. The summed E-state index contributed by atoms with van der Waals surface area (Å²) in [7, 11) is 0. The second-order valence-electron chi connectivity index (χ2n) is 9.96. The van der Waals surface area contributed by atoms with Gasteiger partial charge in [-0.05, 0) is 99.2 Å². The van der Waals surface area contributed by atoms with Crippen molar-refractivity contribution in [1.29, 1.82) is 0 Å². The van der Waals surface area contributed by atoms with Crippen LogP contribution < -0.4 is 0 Å². The number of nitrogens with one attached hydrogen (secondary N) is 2. The lowest BCUT2D eigenvalue weighted by Gasteiger charge is -2.34. The fourth-order valence-electron chi connectivity index (χ4n) is 5.31. The van der Waals surface area contributed by atoms with Crippen molar-refractivity contribution >= 4 is 21.8 Å². The lowest BCUT2D eigenvalue weighted by molar-refractivity contribution is 0.120. The smallest absolute Gasteiger partial charge is 0.0489 e. The first-order valence-corrected chi connectivity index (χ1v) is 11.9. The van der Waals surface area contributed by atoms with Crippen LogP contribution in [-0.2, 0) is 13.1 Å². The number of fused-ring (bicyclic) bond motifs is 2. The van der Waals surface area contributed by atoms with Gasteiger partial charge < -0.3 is 9.97 Å². The Morgan fingerprint density at radius 2 is 0.938 bits per heavy atom. The summed E-state index contributed by atoms with van der Waals surface area (Å²) in [6, 6.07) is 9.33. The van der Waals surface area contributed by atoms with E-state index in [4.69, 9.17) is 0 Å². The monoisotopic (exact) mass is 428 g/mol. The minimum atomic E-state index is 1.00. The molecule has 2 aromatic carbocycles. The SMILES string of the molecule is Cc1cc2cc(CN3CCN(Cc4cc5cc(C)c(C)c(C)c5[nH]4)CC3)[nH]c2c(C)c1C. The summed E-state index contributed by atoms with van der Waals surface area (Å²) in [6.45, 7) is 19.8. The van der Waals surface area contributed by atoms with E-state index in [0.717, 1.165) is 39.3 Å². The van der Waals surface area contributed by atoms with Crippen molar-refractivity contribution in [3.63, 3.8) is 0 Å². The number of aryl methyl sites for hydroxylation is 4. The summed E-state index contributed by atoms with van der Waals surface area (Å²) in [5.41, 5.74) is 13.6. The van der Waals surface area contributed by atoms with Gasteiger partial charge in [-0.25, -0.2) is 0 Å². The molecule has 2 N–H and O–H groups in total. The number of benzene rings is 2. The number of nitrogens with zero attached hydrogens (tertiary/aromatic N) is 2. The third-order valence-corrected chi connectivity index (χ3v) is 7.86. The second-order valence-corrected chi connectivity index (χ2v) is 9.96. The summed E-state index contributed by atoms with van der Waals surface area (Å²) < 4.78 is 0. The average Bonchev–Trinajstić information content (AvgIpc) is 3.35. The molecule has 0 radical (unpaired) electrons. The van der Waals surface area contributed by atoms with Gasteiger partial charge in [-0.15, -0.1) is 0 Å². The molecular formula is C28H36N4. The Labute approximate surface area is 191 Å². The number of aromatic amines is 2. The van der Waals surface area contributed by atoms with E-state index in [0.29, 0.717) is 0 Å². The quantitative estimate of drug-likeness (QED) is 0.430. The zero-order chi connectivity index (χ0) is 22.6. The molecule has 0 aliphatic carbocycles. The van der Waals surface area contributed by atoms with Crippen molar-refractivity contribution < 1.29 is 0 Å². The van der Waals surface area contributed by atoms with E-state index in [1.54, 1.807) is 0 Å². The first-order chi connectivity index (χ1) is 15.3. The fourth-order valence-corrected chi connectivity index (χ4v) is 5.31. The summed E-state index contributed by atoms with van der Waals surface area (Å²) in [6.07, 6.45) is 0. The van der Waals surface area contributed by atoms with Crippen LogP contribution in [0.3, 0.4) is 0 Å². The average molecular weight is 429 g/mol. The Hall–Kier alpha value is -2.56. The molecule has 5 rings (SSSR count). The number of aromatic nitrogens is 2. The third kappa shape index (κ3) is 3.76. The third-order valence-electron chi connectivity index (χ3n) is 7.86. The highest BCUT2D eigenvalue weighted by Gasteiger charge is 2.19. The molecular weight excluding hydrogens is 392 g/mol. The van der Waals surface area contributed by atoms with Crippen LogP contribution in [0, 0.1) is 41.5 Å². The van der Waals surface area contributed by atoms with Gasteiger partial charge in [0.25, 0.3) is 0 Å². The Morgan fingerprint density at radius 3 is 1.31 bits per heavy atom. The standard InChI is InChI=1S/C28H36N4/c1-17-11-23-13-25(29-27(23)21(5)19(17)3)15-31-7-9-32(10-8-31)16-26-14-24-12-18(2)20(4)22(6)28(24)30-26/h11-14,29-30H,7-10,15-16H2,1-6H3. The molecule has 1 fully saturated rings. The fraction of sp³-hybridized carbons (Fsp3) is 0.429. The maximum atomic E-state index is 3.70. The number of rotatable bonds is 4. The molecule has 0 unspecified atom stereocenters. The second kappa shape index (κ2) is 8.09. The van der Waals surface area contributed by atoms with Gasteiger partial charge in [0.05, 0.1) is 0 Å². The van der Waals surface area contributed by atoms with Crippen molar-refractivity contribution in [2.45, 2.75) is 54.6 Å². The molecule has 1 aliphatic rings. The molecule has 4 nitrogen and oxygen atoms in total. The normalized spacial score (nSPS) is 15.9. The van der Waals surface area contributed by atoms with E-state index in [2.05, 4.69) is 85.6 Å². The predicted molar refractivity (Wildman–Crippen MR) is 136 cm³/mol. The Morgan fingerprint density at radius 1 is 0.562 bits per heavy atom. The molecule has 0 spiro atoms. The van der Waals surface area contributed by atoms with Crippen LogP contribution in [0.15, 0.2) is 24.3 Å². The molecule has 2 aromatic heterocycles. The Kier molecular flexibility index (Phi) is 5.39. The summed E-state index contributed by atoms with van der Waals surface area (Å²) >= 11 is 0. The molecule has 4 heteroatoms. The van der Waals surface area contributed by atoms with E-state index in [1.165, 1.54) is 66.6 Å². The van der Waals surface area contributed by atoms with E-state index in [9.17, 15) is 0 Å². The van der Waals surface area contributed by atoms with Gasteiger partial charge >= 0.3 is 0 Å². The van der Waals surface area contributed by atoms with Gasteiger partial charge in [0.1, 0.15) is 0 Å². The van der Waals surface area contributed by atoms with Crippen molar-refractivity contribution in [1.82, 2.24) is 19.8 Å². The van der Waals surface area contributed by atoms with Gasteiger partial charge in [-0.3, -0.25) is 9.80 Å². The van der Waals surface area contributed by atoms with Gasteiger partial charge in [-0.2, -0.15) is 0 Å². The van der Waals surface area contributed by atoms with Gasteiger partial charge in [0, 0.05) is 72.5 Å². The maximum Gasteiger partial charge on any atom is 0.0489 e. The highest BCUT2D eigenvalue weighted by molar-refractivity contribution is 5.86. The molecule has 4 aromatic rings. The molecule has 168 valence electrons. The number of hydrogen-bond donors (Lipinski definition) is 2. The van der Waals surface area contributed by atoms with Crippen molar-refractivity contribution in [3.8, 4) is 0 Å². The van der Waals surface area contributed by atoms with E-state index in [-0.39, 0.29) is 0 Å². The number of piperazine rings is 1. The van der Waals surface area contributed by atoms with E-state index >= 15 is 0 Å². The molecule has 32 heavy (non-hydrogen) atoms. The van der Waals surface area contributed by atoms with E-state index in [1.807, 2.05) is 0 Å². The molecule has 1 aliphatic heterocycles. The molecule has 1 saturated heterocycles. The van der Waals surface area contributed by atoms with Crippen LogP contribution in [0.1, 0.15) is 44.8 Å². The predicted octanol–water partition coefficient (Wildman–Crippen LogP) is 5.82. The van der Waals surface area contributed by atoms with Gasteiger partial charge in [0.2, 0.25) is 0 Å². The maximum absolute atomic E-state index is 3.70. The molecule has 0 bridgehead atoms. The zero-order valence-electron chi connectivity index (χ0n) is 20.4. The first-order valence-electron chi connectivity index (χ1n) is 11.9. The summed E-state index contributed by atoms with van der Waals surface area (Å²) in [5.74, 6) is 0.